The zero-order valence-electron chi connectivity index (χ0n) is 14.7. The van der Waals surface area contributed by atoms with Gasteiger partial charge in [-0.05, 0) is 43.9 Å². The lowest BCUT2D eigenvalue weighted by molar-refractivity contribution is 0.0490. The van der Waals surface area contributed by atoms with Gasteiger partial charge in [0.25, 0.3) is 0 Å². The average molecular weight is 407 g/mol. The van der Waals surface area contributed by atoms with Crippen LogP contribution in [0.3, 0.4) is 0 Å². The van der Waals surface area contributed by atoms with E-state index in [0.717, 1.165) is 0 Å². The predicted octanol–water partition coefficient (Wildman–Crippen LogP) is 0.293. The van der Waals surface area contributed by atoms with Crippen molar-refractivity contribution in [3.63, 3.8) is 0 Å². The van der Waals surface area contributed by atoms with Crippen molar-refractivity contribution in [1.82, 2.24) is 0 Å². The Labute approximate surface area is 157 Å². The molecular weight excluding hydrogens is 382 g/mol. The van der Waals surface area contributed by atoms with Crippen LogP contribution in [0.1, 0.15) is 46.4 Å². The molecule has 0 unspecified atom stereocenters. The zero-order valence-corrected chi connectivity index (χ0v) is 15.6. The number of hydrogen-bond donors (Lipinski definition) is 4. The van der Waals surface area contributed by atoms with Crippen LogP contribution in [0.4, 0.5) is 0 Å². The highest BCUT2D eigenvalue weighted by molar-refractivity contribution is 7.83. The van der Waals surface area contributed by atoms with Gasteiger partial charge in [0, 0.05) is 13.2 Å². The second-order valence-corrected chi connectivity index (χ2v) is 6.26. The van der Waals surface area contributed by atoms with E-state index in [-0.39, 0.29) is 37.6 Å². The van der Waals surface area contributed by atoms with Crippen molar-refractivity contribution in [2.75, 3.05) is 26.4 Å². The van der Waals surface area contributed by atoms with E-state index in [2.05, 4.69) is 5.14 Å². The van der Waals surface area contributed by atoms with Gasteiger partial charge in [-0.1, -0.05) is 6.07 Å². The molecule has 0 saturated carbocycles. The summed E-state index contributed by atoms with van der Waals surface area (Å²) in [4.78, 5) is 23.6. The summed E-state index contributed by atoms with van der Waals surface area (Å²) in [5, 5.41) is 21.2. The zero-order chi connectivity index (χ0) is 20.7. The fraction of sp³-hybridized carbons (Fsp3) is 0.500. The molecule has 0 saturated heterocycles. The van der Waals surface area contributed by atoms with Gasteiger partial charge in [0.2, 0.25) is 0 Å². The Morgan fingerprint density at radius 3 is 1.59 bits per heavy atom. The van der Waals surface area contributed by atoms with Crippen molar-refractivity contribution in [2.24, 2.45) is 5.14 Å². The second-order valence-electron chi connectivity index (χ2n) is 5.23. The Bertz CT molecular complexity index is 629. The molecule has 0 amide bonds. The molecule has 154 valence electrons. The molecule has 0 radical (unpaired) electrons. The van der Waals surface area contributed by atoms with Gasteiger partial charge in [-0.3, -0.25) is 4.55 Å². The molecule has 0 aromatic heterocycles. The first-order valence-electron chi connectivity index (χ1n) is 8.10. The summed E-state index contributed by atoms with van der Waals surface area (Å²) in [6.07, 6.45) is 2.34. The van der Waals surface area contributed by atoms with Crippen LogP contribution in [0.2, 0.25) is 0 Å². The molecule has 1 aromatic carbocycles. The Morgan fingerprint density at radius 1 is 0.889 bits per heavy atom. The standard InChI is InChI=1S/C16H22O6.H3NO3S/c17-8-1-3-10-21-15(19)13-6-5-7-14(12-13)16(20)22-11-4-2-9-18;1-5(2,3)4/h5-7,12,17-18H,1-4,8-11H2;(H3,1,2,3,4). The highest BCUT2D eigenvalue weighted by Crippen LogP contribution is 2.09. The van der Waals surface area contributed by atoms with Crippen molar-refractivity contribution in [3.05, 3.63) is 35.4 Å². The number of hydrogen-bond acceptors (Lipinski definition) is 8. The van der Waals surface area contributed by atoms with E-state index in [0.29, 0.717) is 25.7 Å². The molecule has 11 heteroatoms. The van der Waals surface area contributed by atoms with Gasteiger partial charge in [0.15, 0.2) is 0 Å². The molecule has 0 aliphatic carbocycles. The van der Waals surface area contributed by atoms with Gasteiger partial charge in [0.1, 0.15) is 0 Å². The number of benzene rings is 1. The maximum absolute atomic E-state index is 11.8. The van der Waals surface area contributed by atoms with E-state index in [1.807, 2.05) is 0 Å². The summed E-state index contributed by atoms with van der Waals surface area (Å²) in [5.74, 6) is -1.01. The lowest BCUT2D eigenvalue weighted by Gasteiger charge is -2.07. The van der Waals surface area contributed by atoms with Crippen molar-refractivity contribution >= 4 is 22.2 Å². The van der Waals surface area contributed by atoms with Gasteiger partial charge in [-0.25, -0.2) is 14.7 Å². The fourth-order valence-electron chi connectivity index (χ4n) is 1.70. The lowest BCUT2D eigenvalue weighted by atomic mass is 10.1. The molecule has 27 heavy (non-hydrogen) atoms. The molecule has 0 aliphatic heterocycles. The van der Waals surface area contributed by atoms with Crippen LogP contribution < -0.4 is 5.14 Å². The molecule has 0 spiro atoms. The van der Waals surface area contributed by atoms with Crippen molar-refractivity contribution in [3.8, 4) is 0 Å². The summed E-state index contributed by atoms with van der Waals surface area (Å²) in [6.45, 7) is 0.592. The first-order chi connectivity index (χ1) is 12.7. The van der Waals surface area contributed by atoms with E-state index in [1.165, 1.54) is 6.07 Å². The van der Waals surface area contributed by atoms with Gasteiger partial charge in [-0.15, -0.1) is 0 Å². The van der Waals surface area contributed by atoms with Crippen LogP contribution in [0, 0.1) is 0 Å². The molecule has 0 atom stereocenters. The maximum Gasteiger partial charge on any atom is 0.338 e. The largest absolute Gasteiger partial charge is 0.462 e. The Morgan fingerprint density at radius 2 is 1.26 bits per heavy atom. The van der Waals surface area contributed by atoms with Gasteiger partial charge < -0.3 is 19.7 Å². The SMILES string of the molecule is NS(=O)(=O)O.O=C(OCCCCO)c1cccc(C(=O)OCCCCO)c1. The molecule has 0 aliphatic rings. The van der Waals surface area contributed by atoms with E-state index in [1.54, 1.807) is 18.2 Å². The third kappa shape index (κ3) is 14.8. The monoisotopic (exact) mass is 407 g/mol. The minimum absolute atomic E-state index is 0.0646. The highest BCUT2D eigenvalue weighted by Gasteiger charge is 2.12. The first-order valence-corrected chi connectivity index (χ1v) is 9.60. The van der Waals surface area contributed by atoms with E-state index < -0.39 is 22.2 Å². The number of carbonyl (C=O) groups excluding carboxylic acids is 2. The third-order valence-corrected chi connectivity index (χ3v) is 2.91. The molecule has 0 heterocycles. The number of ether oxygens (including phenoxy) is 2. The number of carbonyl (C=O) groups is 2. The van der Waals surface area contributed by atoms with Crippen LogP contribution in [0.25, 0.3) is 0 Å². The molecular formula is C16H25NO9S. The number of esters is 2. The molecule has 1 aromatic rings. The molecule has 1 rings (SSSR count). The lowest BCUT2D eigenvalue weighted by Crippen LogP contribution is -2.10. The predicted molar refractivity (Wildman–Crippen MR) is 95.4 cm³/mol. The van der Waals surface area contributed by atoms with E-state index in [9.17, 15) is 9.59 Å². The minimum atomic E-state index is -4.17. The summed E-state index contributed by atoms with van der Waals surface area (Å²) < 4.78 is 35.3. The number of nitrogens with two attached hydrogens (primary N) is 1. The topological polar surface area (TPSA) is 173 Å². The average Bonchev–Trinajstić information content (AvgIpc) is 2.61. The van der Waals surface area contributed by atoms with Crippen molar-refractivity contribution < 1.29 is 42.2 Å². The van der Waals surface area contributed by atoms with Crippen molar-refractivity contribution in [1.29, 1.82) is 0 Å². The summed E-state index contributed by atoms with van der Waals surface area (Å²) in [5.41, 5.74) is 0.572. The summed E-state index contributed by atoms with van der Waals surface area (Å²) >= 11 is 0. The van der Waals surface area contributed by atoms with Gasteiger partial charge in [0.05, 0.1) is 24.3 Å². The summed E-state index contributed by atoms with van der Waals surface area (Å²) in [6, 6.07) is 6.16. The smallest absolute Gasteiger partial charge is 0.338 e. The van der Waals surface area contributed by atoms with E-state index in [4.69, 9.17) is 32.7 Å². The van der Waals surface area contributed by atoms with Gasteiger partial charge >= 0.3 is 22.2 Å². The Kier molecular flexibility index (Phi) is 13.0. The number of rotatable bonds is 10. The summed E-state index contributed by atoms with van der Waals surface area (Å²) in [7, 11) is -4.17. The third-order valence-electron chi connectivity index (χ3n) is 2.91. The highest BCUT2D eigenvalue weighted by atomic mass is 32.2. The Hall–Kier alpha value is -2.05. The minimum Gasteiger partial charge on any atom is -0.462 e. The van der Waals surface area contributed by atoms with Crippen molar-refractivity contribution in [2.45, 2.75) is 25.7 Å². The Balaban J connectivity index is 0.00000119. The molecule has 10 nitrogen and oxygen atoms in total. The number of unbranched alkanes of at least 4 members (excludes halogenated alkanes) is 2. The maximum atomic E-state index is 11.8. The second kappa shape index (κ2) is 14.1. The van der Waals surface area contributed by atoms with Crippen LogP contribution in [0.15, 0.2) is 24.3 Å². The fourth-order valence-corrected chi connectivity index (χ4v) is 1.70. The molecule has 0 bridgehead atoms. The normalized spacial score (nSPS) is 10.5. The number of aliphatic hydroxyl groups excluding tert-OH is 2. The van der Waals surface area contributed by atoms with Crippen LogP contribution in [-0.2, 0) is 19.8 Å². The van der Waals surface area contributed by atoms with Crippen LogP contribution in [-0.4, -0.2) is 61.5 Å². The quantitative estimate of drug-likeness (QED) is 0.241. The molecule has 5 N–H and O–H groups in total. The van der Waals surface area contributed by atoms with E-state index >= 15 is 0 Å². The number of aliphatic hydroxyl groups is 2. The first kappa shape index (κ1) is 24.9. The molecule has 0 fully saturated rings. The van der Waals surface area contributed by atoms with Gasteiger partial charge in [-0.2, -0.15) is 8.42 Å². The van der Waals surface area contributed by atoms with Crippen LogP contribution >= 0.6 is 0 Å². The van der Waals surface area contributed by atoms with Crippen LogP contribution in [0.5, 0.6) is 0 Å².